The number of amides is 1. The molecule has 2 aromatic carbocycles. The van der Waals surface area contributed by atoms with Gasteiger partial charge >= 0.3 is 0 Å². The fourth-order valence-corrected chi connectivity index (χ4v) is 3.68. The minimum Gasteiger partial charge on any atom is -0.496 e. The zero-order valence-electron chi connectivity index (χ0n) is 18.4. The molecular formula is C24H27N5O3. The average molecular weight is 434 g/mol. The van der Waals surface area contributed by atoms with Gasteiger partial charge in [0, 0.05) is 43.2 Å². The average Bonchev–Trinajstić information content (AvgIpc) is 2.86. The van der Waals surface area contributed by atoms with E-state index in [4.69, 9.17) is 9.47 Å². The molecule has 0 fully saturated rings. The Labute approximate surface area is 187 Å². The lowest BCUT2D eigenvalue weighted by Crippen LogP contribution is -2.18. The first-order valence-electron chi connectivity index (χ1n) is 10.6. The van der Waals surface area contributed by atoms with Gasteiger partial charge in [0.2, 0.25) is 0 Å². The van der Waals surface area contributed by atoms with E-state index >= 15 is 0 Å². The molecule has 0 aliphatic carbocycles. The molecule has 0 unspecified atom stereocenters. The van der Waals surface area contributed by atoms with Crippen LogP contribution < -0.4 is 25.4 Å². The van der Waals surface area contributed by atoms with Crippen molar-refractivity contribution in [3.05, 3.63) is 59.9 Å². The smallest absolute Gasteiger partial charge is 0.251 e. The van der Waals surface area contributed by atoms with Crippen molar-refractivity contribution >= 4 is 17.4 Å². The Bertz CT molecular complexity index is 1120. The fraction of sp³-hybridized carbons (Fsp3) is 0.292. The summed E-state index contributed by atoms with van der Waals surface area (Å²) in [5.74, 6) is 2.25. The van der Waals surface area contributed by atoms with Gasteiger partial charge in [-0.2, -0.15) is 0 Å². The Morgan fingerprint density at radius 2 is 2.09 bits per heavy atom. The number of carbonyl (C=O) groups is 1. The summed E-state index contributed by atoms with van der Waals surface area (Å²) >= 11 is 0. The number of nitrogens with one attached hydrogen (secondary N) is 3. The second-order valence-corrected chi connectivity index (χ2v) is 7.59. The van der Waals surface area contributed by atoms with Crippen LogP contribution in [0.25, 0.3) is 11.3 Å². The molecule has 166 valence electrons. The number of nitrogens with zero attached hydrogens (tertiary/aromatic N) is 2. The van der Waals surface area contributed by atoms with Crippen LogP contribution in [-0.2, 0) is 0 Å². The molecule has 0 bridgehead atoms. The van der Waals surface area contributed by atoms with Gasteiger partial charge in [-0.25, -0.2) is 9.97 Å². The second-order valence-electron chi connectivity index (χ2n) is 7.59. The minimum absolute atomic E-state index is 0.130. The van der Waals surface area contributed by atoms with Gasteiger partial charge in [-0.1, -0.05) is 19.1 Å². The lowest BCUT2D eigenvalue weighted by molar-refractivity contribution is 0.0962. The van der Waals surface area contributed by atoms with Crippen molar-refractivity contribution in [1.82, 2.24) is 15.3 Å². The van der Waals surface area contributed by atoms with Gasteiger partial charge in [0.05, 0.1) is 18.5 Å². The highest BCUT2D eigenvalue weighted by atomic mass is 16.5. The zero-order chi connectivity index (χ0) is 22.5. The predicted molar refractivity (Wildman–Crippen MR) is 125 cm³/mol. The van der Waals surface area contributed by atoms with Gasteiger partial charge in [-0.05, 0) is 29.8 Å². The van der Waals surface area contributed by atoms with E-state index in [1.54, 1.807) is 26.6 Å². The second kappa shape index (κ2) is 9.55. The largest absolute Gasteiger partial charge is 0.496 e. The third-order valence-corrected chi connectivity index (χ3v) is 5.46. The van der Waals surface area contributed by atoms with Crippen LogP contribution in [0.1, 0.15) is 28.8 Å². The third-order valence-electron chi connectivity index (χ3n) is 5.46. The van der Waals surface area contributed by atoms with Gasteiger partial charge in [-0.15, -0.1) is 0 Å². The number of hydrogen-bond acceptors (Lipinski definition) is 7. The number of fused-ring (bicyclic) bond motifs is 1. The number of benzene rings is 2. The molecule has 0 radical (unpaired) electrons. The van der Waals surface area contributed by atoms with Crippen molar-refractivity contribution in [2.24, 2.45) is 0 Å². The van der Waals surface area contributed by atoms with E-state index in [1.165, 1.54) is 0 Å². The molecule has 0 saturated heterocycles. The van der Waals surface area contributed by atoms with Crippen molar-refractivity contribution < 1.29 is 14.3 Å². The lowest BCUT2D eigenvalue weighted by Gasteiger charge is -2.20. The molecule has 8 nitrogen and oxygen atoms in total. The zero-order valence-corrected chi connectivity index (χ0v) is 18.4. The van der Waals surface area contributed by atoms with Crippen LogP contribution in [0.3, 0.4) is 0 Å². The first kappa shape index (κ1) is 21.4. The van der Waals surface area contributed by atoms with Crippen LogP contribution in [-0.4, -0.2) is 49.7 Å². The Balaban J connectivity index is 1.47. The normalized spacial score (nSPS) is 13.2. The van der Waals surface area contributed by atoms with Gasteiger partial charge in [0.1, 0.15) is 30.3 Å². The summed E-state index contributed by atoms with van der Waals surface area (Å²) < 4.78 is 11.3. The highest BCUT2D eigenvalue weighted by Gasteiger charge is 2.15. The van der Waals surface area contributed by atoms with Crippen LogP contribution in [0.5, 0.6) is 11.5 Å². The van der Waals surface area contributed by atoms with E-state index in [1.807, 2.05) is 36.4 Å². The molecule has 3 N–H and O–H groups in total. The Morgan fingerprint density at radius 1 is 1.22 bits per heavy atom. The quantitative estimate of drug-likeness (QED) is 0.524. The van der Waals surface area contributed by atoms with Gasteiger partial charge in [-0.3, -0.25) is 4.79 Å². The van der Waals surface area contributed by atoms with Gasteiger partial charge in [0.15, 0.2) is 0 Å². The van der Waals surface area contributed by atoms with Crippen LogP contribution in [0.4, 0.5) is 11.5 Å². The van der Waals surface area contributed by atoms with E-state index < -0.39 is 0 Å². The molecule has 4 rings (SSSR count). The third kappa shape index (κ3) is 4.59. The fourth-order valence-electron chi connectivity index (χ4n) is 3.68. The van der Waals surface area contributed by atoms with Crippen molar-refractivity contribution in [2.75, 3.05) is 44.5 Å². The molecule has 2 heterocycles. The highest BCUT2D eigenvalue weighted by molar-refractivity contribution is 5.94. The van der Waals surface area contributed by atoms with Gasteiger partial charge in [0.25, 0.3) is 5.91 Å². The van der Waals surface area contributed by atoms with Crippen LogP contribution in [0.15, 0.2) is 48.8 Å². The topological polar surface area (TPSA) is 97.4 Å². The molecule has 0 saturated carbocycles. The SMILES string of the molecule is CNC(=O)c1ccc([C@H](C)CNc2cc(-c3ccc4c(c3)OCCN4)ncn2)c(OC)c1. The van der Waals surface area contributed by atoms with E-state index in [-0.39, 0.29) is 11.8 Å². The first-order valence-corrected chi connectivity index (χ1v) is 10.6. The maximum Gasteiger partial charge on any atom is 0.251 e. The summed E-state index contributed by atoms with van der Waals surface area (Å²) in [6.07, 6.45) is 1.56. The van der Waals surface area contributed by atoms with E-state index in [2.05, 4.69) is 32.8 Å². The van der Waals surface area contributed by atoms with Crippen molar-refractivity contribution in [3.8, 4) is 22.8 Å². The molecule has 8 heteroatoms. The monoisotopic (exact) mass is 433 g/mol. The van der Waals surface area contributed by atoms with E-state index in [0.29, 0.717) is 24.5 Å². The van der Waals surface area contributed by atoms with Crippen molar-refractivity contribution in [3.63, 3.8) is 0 Å². The molecule has 32 heavy (non-hydrogen) atoms. The maximum atomic E-state index is 11.9. The predicted octanol–water partition coefficient (Wildman–Crippen LogP) is 3.53. The highest BCUT2D eigenvalue weighted by Crippen LogP contribution is 2.32. The molecule has 3 aromatic rings. The van der Waals surface area contributed by atoms with Crippen molar-refractivity contribution in [2.45, 2.75) is 12.8 Å². The molecule has 1 atom stereocenters. The Morgan fingerprint density at radius 3 is 2.91 bits per heavy atom. The summed E-state index contributed by atoms with van der Waals surface area (Å²) in [7, 11) is 3.22. The first-order chi connectivity index (χ1) is 15.6. The van der Waals surface area contributed by atoms with Crippen LogP contribution in [0.2, 0.25) is 0 Å². The summed E-state index contributed by atoms with van der Waals surface area (Å²) in [5, 5.41) is 9.34. The maximum absolute atomic E-state index is 11.9. The van der Waals surface area contributed by atoms with E-state index in [0.717, 1.165) is 40.6 Å². The molecular weight excluding hydrogens is 406 g/mol. The number of carbonyl (C=O) groups excluding carboxylic acids is 1. The van der Waals surface area contributed by atoms with Crippen LogP contribution >= 0.6 is 0 Å². The lowest BCUT2D eigenvalue weighted by atomic mass is 9.98. The molecule has 1 amide bonds. The number of anilines is 2. The Kier molecular flexibility index (Phi) is 6.39. The number of hydrogen-bond donors (Lipinski definition) is 3. The van der Waals surface area contributed by atoms with Crippen LogP contribution in [0, 0.1) is 0 Å². The number of methoxy groups -OCH3 is 1. The van der Waals surface area contributed by atoms with Gasteiger partial charge < -0.3 is 25.4 Å². The summed E-state index contributed by atoms with van der Waals surface area (Å²) in [6.45, 7) is 4.20. The number of aromatic nitrogens is 2. The Hall–Kier alpha value is -3.81. The number of rotatable bonds is 7. The molecule has 0 spiro atoms. The summed E-state index contributed by atoms with van der Waals surface area (Å²) in [5.41, 5.74) is 4.37. The standard InChI is InChI=1S/C24H27N5O3/c1-15(18-6-4-17(24(30)25-2)11-21(18)31-3)13-27-23-12-20(28-14-29-23)16-5-7-19-22(10-16)32-9-8-26-19/h4-7,10-12,14-15,26H,8-9,13H2,1-3H3,(H,25,30)(H,27,28,29)/t15-/m1/s1. The molecule has 1 aromatic heterocycles. The van der Waals surface area contributed by atoms with Crippen molar-refractivity contribution in [1.29, 1.82) is 0 Å². The van der Waals surface area contributed by atoms with E-state index in [9.17, 15) is 4.79 Å². The molecule has 1 aliphatic heterocycles. The minimum atomic E-state index is -0.141. The summed E-state index contributed by atoms with van der Waals surface area (Å²) in [6, 6.07) is 13.5. The summed E-state index contributed by atoms with van der Waals surface area (Å²) in [4.78, 5) is 20.7. The molecule has 1 aliphatic rings. The number of ether oxygens (including phenoxy) is 2.